The Morgan fingerprint density at radius 3 is 2.33 bits per heavy atom. The standard InChI is InChI=1S/C26H29NO8S/c1-16(28)13-14-21(30)33-24-22(27-35-17(2)29)26(36-19-11-7-4-8-12-19)32-20-15-31-25(34-23(20)24)18-9-5-3-6-10-18/h3-12,20,22-27H,13-15H2,1-2H3. The molecule has 10 heteroatoms. The summed E-state index contributed by atoms with van der Waals surface area (Å²) in [5, 5.41) is 0. The maximum Gasteiger partial charge on any atom is 0.321 e. The number of nitrogens with one attached hydrogen (secondary N) is 1. The van der Waals surface area contributed by atoms with E-state index in [0.29, 0.717) is 0 Å². The van der Waals surface area contributed by atoms with Crippen LogP contribution in [0.15, 0.2) is 65.6 Å². The van der Waals surface area contributed by atoms with Gasteiger partial charge in [-0.15, -0.1) is 5.48 Å². The molecule has 6 atom stereocenters. The van der Waals surface area contributed by atoms with Gasteiger partial charge in [0, 0.05) is 23.8 Å². The van der Waals surface area contributed by atoms with E-state index in [1.54, 1.807) is 0 Å². The smallest absolute Gasteiger partial charge is 0.321 e. The third kappa shape index (κ3) is 6.92. The lowest BCUT2D eigenvalue weighted by Crippen LogP contribution is -2.66. The maximum atomic E-state index is 12.7. The van der Waals surface area contributed by atoms with Crippen molar-refractivity contribution >= 4 is 29.5 Å². The number of fused-ring (bicyclic) bond motifs is 1. The highest BCUT2D eigenvalue weighted by molar-refractivity contribution is 7.99. The van der Waals surface area contributed by atoms with Gasteiger partial charge >= 0.3 is 11.9 Å². The van der Waals surface area contributed by atoms with Crippen molar-refractivity contribution in [2.45, 2.75) is 67.7 Å². The van der Waals surface area contributed by atoms with Crippen LogP contribution in [0.4, 0.5) is 0 Å². The zero-order chi connectivity index (χ0) is 25.5. The summed E-state index contributed by atoms with van der Waals surface area (Å²) in [5.41, 5.74) is 2.94. The Morgan fingerprint density at radius 2 is 1.67 bits per heavy atom. The van der Waals surface area contributed by atoms with E-state index in [2.05, 4.69) is 5.48 Å². The van der Waals surface area contributed by atoms with Crippen LogP contribution < -0.4 is 5.48 Å². The highest BCUT2D eigenvalue weighted by atomic mass is 32.2. The second-order valence-corrected chi connectivity index (χ2v) is 9.72. The number of ketones is 1. The molecule has 0 bridgehead atoms. The van der Waals surface area contributed by atoms with E-state index in [1.807, 2.05) is 60.7 Å². The van der Waals surface area contributed by atoms with Gasteiger partial charge in [0.25, 0.3) is 0 Å². The highest BCUT2D eigenvalue weighted by Gasteiger charge is 2.52. The molecule has 36 heavy (non-hydrogen) atoms. The molecule has 1 N–H and O–H groups in total. The van der Waals surface area contributed by atoms with Gasteiger partial charge in [0.2, 0.25) is 0 Å². The predicted molar refractivity (Wildman–Crippen MR) is 129 cm³/mol. The second kappa shape index (κ2) is 12.5. The van der Waals surface area contributed by atoms with Crippen molar-refractivity contribution in [1.82, 2.24) is 5.48 Å². The van der Waals surface area contributed by atoms with Crippen LogP contribution in [0.5, 0.6) is 0 Å². The first-order valence-corrected chi connectivity index (χ1v) is 12.6. The molecular formula is C26H29NO8S. The van der Waals surface area contributed by atoms with Crippen LogP contribution in [-0.2, 0) is 38.2 Å². The molecule has 0 aliphatic carbocycles. The van der Waals surface area contributed by atoms with Gasteiger partial charge in [0.15, 0.2) is 12.4 Å². The predicted octanol–water partition coefficient (Wildman–Crippen LogP) is 3.34. The number of thioether (sulfide) groups is 1. The molecule has 2 saturated heterocycles. The minimum Gasteiger partial charge on any atom is -0.458 e. The molecule has 0 aromatic heterocycles. The van der Waals surface area contributed by atoms with Crippen molar-refractivity contribution in [3.05, 3.63) is 66.2 Å². The Hall–Kier alpha value is -2.76. The van der Waals surface area contributed by atoms with Crippen molar-refractivity contribution in [2.75, 3.05) is 6.61 Å². The summed E-state index contributed by atoms with van der Waals surface area (Å²) in [7, 11) is 0. The molecule has 0 spiro atoms. The van der Waals surface area contributed by atoms with Crippen molar-refractivity contribution in [3.8, 4) is 0 Å². The highest BCUT2D eigenvalue weighted by Crippen LogP contribution is 2.40. The van der Waals surface area contributed by atoms with Crippen LogP contribution in [0.1, 0.15) is 38.5 Å². The lowest BCUT2D eigenvalue weighted by atomic mass is 9.97. The molecule has 2 fully saturated rings. The quantitative estimate of drug-likeness (QED) is 0.394. The topological polar surface area (TPSA) is 109 Å². The number of rotatable bonds is 9. The van der Waals surface area contributed by atoms with E-state index in [-0.39, 0.29) is 25.2 Å². The van der Waals surface area contributed by atoms with Gasteiger partial charge < -0.3 is 28.6 Å². The molecule has 2 aliphatic rings. The van der Waals surface area contributed by atoms with Gasteiger partial charge in [-0.3, -0.25) is 9.59 Å². The molecule has 6 unspecified atom stereocenters. The minimum absolute atomic E-state index is 0.0665. The fraction of sp³-hybridized carbons (Fsp3) is 0.423. The average Bonchev–Trinajstić information content (AvgIpc) is 2.88. The number of benzene rings is 2. The van der Waals surface area contributed by atoms with Crippen molar-refractivity contribution in [1.29, 1.82) is 0 Å². The third-order valence-corrected chi connectivity index (χ3v) is 6.87. The van der Waals surface area contributed by atoms with Gasteiger partial charge in [0.1, 0.15) is 29.5 Å². The number of Topliss-reactive ketones (excluding diaryl/α,β-unsaturated/α-hetero) is 1. The fourth-order valence-corrected chi connectivity index (χ4v) is 5.13. The summed E-state index contributed by atoms with van der Waals surface area (Å²) in [5.74, 6) is -1.23. The molecule has 0 saturated carbocycles. The largest absolute Gasteiger partial charge is 0.458 e. The second-order valence-electron chi connectivity index (χ2n) is 8.54. The number of hydrogen-bond acceptors (Lipinski definition) is 10. The normalized spacial score (nSPS) is 27.5. The zero-order valence-electron chi connectivity index (χ0n) is 20.0. The summed E-state index contributed by atoms with van der Waals surface area (Å²) >= 11 is 1.39. The Kier molecular flexibility index (Phi) is 9.11. The number of esters is 1. The molecule has 2 heterocycles. The summed E-state index contributed by atoms with van der Waals surface area (Å²) in [6, 6.07) is 18.2. The molecule has 4 rings (SSSR count). The minimum atomic E-state index is -0.890. The number of ether oxygens (including phenoxy) is 4. The summed E-state index contributed by atoms with van der Waals surface area (Å²) in [6.07, 6.45) is -2.85. The van der Waals surface area contributed by atoms with Crippen LogP contribution in [-0.4, -0.2) is 54.1 Å². The Bertz CT molecular complexity index is 1040. The Labute approximate surface area is 213 Å². The van der Waals surface area contributed by atoms with Crippen LogP contribution >= 0.6 is 11.8 Å². The first kappa shape index (κ1) is 26.3. The lowest BCUT2D eigenvalue weighted by Gasteiger charge is -2.48. The molecular weight excluding hydrogens is 486 g/mol. The average molecular weight is 516 g/mol. The van der Waals surface area contributed by atoms with Gasteiger partial charge in [-0.2, -0.15) is 0 Å². The summed E-state index contributed by atoms with van der Waals surface area (Å²) in [6.45, 7) is 2.89. The van der Waals surface area contributed by atoms with Crippen LogP contribution in [0.2, 0.25) is 0 Å². The van der Waals surface area contributed by atoms with E-state index in [1.165, 1.54) is 25.6 Å². The van der Waals surface area contributed by atoms with Crippen molar-refractivity contribution < 1.29 is 38.2 Å². The van der Waals surface area contributed by atoms with E-state index in [4.69, 9.17) is 23.8 Å². The number of hydrogen-bond donors (Lipinski definition) is 1. The van der Waals surface area contributed by atoms with E-state index < -0.39 is 48.0 Å². The first-order chi connectivity index (χ1) is 17.4. The Morgan fingerprint density at radius 1 is 0.972 bits per heavy atom. The van der Waals surface area contributed by atoms with Gasteiger partial charge in [-0.25, -0.2) is 0 Å². The van der Waals surface area contributed by atoms with Crippen LogP contribution in [0, 0.1) is 0 Å². The van der Waals surface area contributed by atoms with E-state index in [0.717, 1.165) is 10.5 Å². The Balaban J connectivity index is 1.62. The first-order valence-electron chi connectivity index (χ1n) is 11.7. The van der Waals surface area contributed by atoms with Gasteiger partial charge in [0.05, 0.1) is 13.0 Å². The zero-order valence-corrected chi connectivity index (χ0v) is 20.8. The molecule has 0 amide bonds. The number of carbonyl (C=O) groups excluding carboxylic acids is 3. The summed E-state index contributed by atoms with van der Waals surface area (Å²) in [4.78, 5) is 41.9. The van der Waals surface area contributed by atoms with Gasteiger partial charge in [-0.05, 0) is 19.1 Å². The summed E-state index contributed by atoms with van der Waals surface area (Å²) < 4.78 is 24.5. The monoisotopic (exact) mass is 515 g/mol. The molecule has 2 aromatic carbocycles. The molecule has 2 aliphatic heterocycles. The fourth-order valence-electron chi connectivity index (χ4n) is 3.99. The number of carbonyl (C=O) groups is 3. The van der Waals surface area contributed by atoms with Gasteiger partial charge in [-0.1, -0.05) is 60.3 Å². The van der Waals surface area contributed by atoms with Crippen molar-refractivity contribution in [3.63, 3.8) is 0 Å². The maximum absolute atomic E-state index is 12.7. The number of hydroxylamine groups is 1. The lowest BCUT2D eigenvalue weighted by molar-refractivity contribution is -0.312. The van der Waals surface area contributed by atoms with E-state index in [9.17, 15) is 14.4 Å². The third-order valence-electron chi connectivity index (χ3n) is 5.69. The van der Waals surface area contributed by atoms with Crippen LogP contribution in [0.25, 0.3) is 0 Å². The van der Waals surface area contributed by atoms with Crippen LogP contribution in [0.3, 0.4) is 0 Å². The van der Waals surface area contributed by atoms with E-state index >= 15 is 0 Å². The van der Waals surface area contributed by atoms with Crippen molar-refractivity contribution in [2.24, 2.45) is 0 Å². The molecule has 192 valence electrons. The SMILES string of the molecule is CC(=O)CCC(=O)OC1C(NOC(C)=O)C(Sc2ccccc2)OC2COC(c3ccccc3)OC21. The molecule has 0 radical (unpaired) electrons. The molecule has 2 aromatic rings. The molecule has 9 nitrogen and oxygen atoms in total.